The standard InChI is InChI=1S/C4H6O3.2C4H10O.2C2H4O2.Ti/c1-3(5)2-4(6)7;2*1-2-3-4-5;2*1-2(3)4;/h2H2,1H3,(H,6,7);2*5H,2-4H2,1H3;2*1H3,(H,3,4);. The first-order chi connectivity index (χ1) is 11.4. The number of hydrogen-bond acceptors (Lipinski definition) is 6. The van der Waals surface area contributed by atoms with Crippen LogP contribution in [0.15, 0.2) is 0 Å². The molecule has 0 radical (unpaired) electrons. The van der Waals surface area contributed by atoms with E-state index in [0.29, 0.717) is 13.2 Å². The Morgan fingerprint density at radius 3 is 0.923 bits per heavy atom. The number of Topliss-reactive ketones (excluding diaryl/α,β-unsaturated/α-hetero) is 1. The van der Waals surface area contributed by atoms with Gasteiger partial charge in [0.2, 0.25) is 0 Å². The molecule has 156 valence electrons. The Kier molecular flexibility index (Phi) is 59.5. The van der Waals surface area contributed by atoms with Crippen molar-refractivity contribution >= 4 is 23.7 Å². The number of aliphatic hydroxyl groups excluding tert-OH is 2. The molecule has 10 heteroatoms. The van der Waals surface area contributed by atoms with E-state index in [-0.39, 0.29) is 33.9 Å². The average molecular weight is 418 g/mol. The van der Waals surface area contributed by atoms with Gasteiger partial charge < -0.3 is 25.5 Å². The van der Waals surface area contributed by atoms with Gasteiger partial charge in [0.1, 0.15) is 12.2 Å². The second-order valence-corrected chi connectivity index (χ2v) is 4.46. The Labute approximate surface area is 170 Å². The summed E-state index contributed by atoms with van der Waals surface area (Å²) >= 11 is 0. The van der Waals surface area contributed by atoms with Crippen LogP contribution >= 0.6 is 0 Å². The number of rotatable bonds is 6. The number of carbonyl (C=O) groups excluding carboxylic acids is 1. The molecule has 0 aliphatic rings. The molecule has 0 aliphatic carbocycles. The third-order valence-corrected chi connectivity index (χ3v) is 1.42. The summed E-state index contributed by atoms with van der Waals surface area (Å²) in [4.78, 5) is 37.5. The van der Waals surface area contributed by atoms with Gasteiger partial charge in [-0.25, -0.2) is 0 Å². The average Bonchev–Trinajstić information content (AvgIpc) is 2.39. The van der Waals surface area contributed by atoms with Gasteiger partial charge >= 0.3 is 5.97 Å². The van der Waals surface area contributed by atoms with E-state index < -0.39 is 17.9 Å². The minimum absolute atomic E-state index is 0. The molecule has 0 saturated heterocycles. The van der Waals surface area contributed by atoms with Crippen molar-refractivity contribution in [1.82, 2.24) is 0 Å². The van der Waals surface area contributed by atoms with Crippen LogP contribution in [0.3, 0.4) is 0 Å². The smallest absolute Gasteiger partial charge is 0.310 e. The summed E-state index contributed by atoms with van der Waals surface area (Å²) in [5.74, 6) is -3.04. The van der Waals surface area contributed by atoms with Crippen molar-refractivity contribution in [3.05, 3.63) is 0 Å². The van der Waals surface area contributed by atoms with Crippen molar-refractivity contribution in [2.75, 3.05) is 13.2 Å². The van der Waals surface area contributed by atoms with Crippen molar-refractivity contribution < 1.29 is 66.4 Å². The van der Waals surface area contributed by atoms with Gasteiger partial charge in [0, 0.05) is 48.8 Å². The number of ketones is 1. The monoisotopic (exact) mass is 418 g/mol. The van der Waals surface area contributed by atoms with E-state index in [4.69, 9.17) is 35.1 Å². The van der Waals surface area contributed by atoms with Gasteiger partial charge in [-0.1, -0.05) is 26.7 Å². The Hall–Kier alpha value is -1.29. The van der Waals surface area contributed by atoms with Crippen LogP contribution in [-0.4, -0.2) is 62.4 Å². The molecule has 0 atom stereocenters. The summed E-state index contributed by atoms with van der Waals surface area (Å²) in [6.07, 6.45) is 3.72. The Morgan fingerprint density at radius 1 is 0.692 bits per heavy atom. The van der Waals surface area contributed by atoms with Gasteiger partial charge in [0.05, 0.1) is 0 Å². The molecule has 0 aromatic heterocycles. The number of aliphatic carboxylic acids is 3. The molecular weight excluding hydrogens is 384 g/mol. The summed E-state index contributed by atoms with van der Waals surface area (Å²) in [6, 6.07) is 0. The maximum atomic E-state index is 9.87. The number of carboxylic acid groups (broad SMARTS) is 3. The molecule has 0 amide bonds. The van der Waals surface area contributed by atoms with Gasteiger partial charge in [-0.15, -0.1) is 0 Å². The molecule has 0 saturated carbocycles. The molecule has 0 bridgehead atoms. The third-order valence-electron chi connectivity index (χ3n) is 1.42. The van der Waals surface area contributed by atoms with Crippen LogP contribution in [0.4, 0.5) is 0 Å². The SMILES string of the molecule is CC(=O)CC(=O)O.CC(=O)O.CC(=O)O.CCCCO.CCCCO.[Ti]. The number of aliphatic hydroxyl groups is 2. The van der Waals surface area contributed by atoms with Gasteiger partial charge in [0.25, 0.3) is 11.9 Å². The van der Waals surface area contributed by atoms with Crippen LogP contribution in [0.5, 0.6) is 0 Å². The molecule has 26 heavy (non-hydrogen) atoms. The van der Waals surface area contributed by atoms with Crippen LogP contribution in [0.25, 0.3) is 0 Å². The summed E-state index contributed by atoms with van der Waals surface area (Å²) in [6.45, 7) is 8.20. The summed E-state index contributed by atoms with van der Waals surface area (Å²) in [5.41, 5.74) is 0. The molecule has 0 unspecified atom stereocenters. The fourth-order valence-electron chi connectivity index (χ4n) is 0.529. The topological polar surface area (TPSA) is 169 Å². The number of carboxylic acids is 3. The van der Waals surface area contributed by atoms with Gasteiger partial charge in [0.15, 0.2) is 0 Å². The van der Waals surface area contributed by atoms with E-state index >= 15 is 0 Å². The van der Waals surface area contributed by atoms with E-state index in [1.54, 1.807) is 0 Å². The largest absolute Gasteiger partial charge is 0.481 e. The molecule has 0 rings (SSSR count). The first-order valence-corrected chi connectivity index (χ1v) is 7.74. The summed E-state index contributed by atoms with van der Waals surface area (Å²) in [5, 5.41) is 38.8. The summed E-state index contributed by atoms with van der Waals surface area (Å²) < 4.78 is 0. The van der Waals surface area contributed by atoms with Crippen molar-refractivity contribution in [3.63, 3.8) is 0 Å². The van der Waals surface area contributed by atoms with E-state index in [1.165, 1.54) is 6.92 Å². The van der Waals surface area contributed by atoms with Gasteiger partial charge in [-0.3, -0.25) is 19.2 Å². The number of hydrogen-bond donors (Lipinski definition) is 5. The number of carbonyl (C=O) groups is 4. The molecular formula is C16H34O9Ti. The molecule has 0 aliphatic heterocycles. The van der Waals surface area contributed by atoms with E-state index in [1.807, 2.05) is 0 Å². The van der Waals surface area contributed by atoms with E-state index in [2.05, 4.69) is 13.8 Å². The molecule has 5 N–H and O–H groups in total. The first-order valence-electron chi connectivity index (χ1n) is 7.74. The predicted octanol–water partition coefficient (Wildman–Crippen LogP) is 1.79. The van der Waals surface area contributed by atoms with E-state index in [0.717, 1.165) is 39.5 Å². The van der Waals surface area contributed by atoms with E-state index in [9.17, 15) is 9.59 Å². The van der Waals surface area contributed by atoms with Gasteiger partial charge in [-0.05, 0) is 19.8 Å². The van der Waals surface area contributed by atoms with Gasteiger partial charge in [-0.2, -0.15) is 0 Å². The van der Waals surface area contributed by atoms with Crippen LogP contribution < -0.4 is 0 Å². The molecule has 0 aromatic carbocycles. The summed E-state index contributed by atoms with van der Waals surface area (Å²) in [7, 11) is 0. The second-order valence-electron chi connectivity index (χ2n) is 4.46. The minimum atomic E-state index is -1.06. The predicted molar refractivity (Wildman–Crippen MR) is 93.5 cm³/mol. The number of unbranched alkanes of at least 4 members (excludes halogenated alkanes) is 2. The molecule has 0 heterocycles. The normalized spacial score (nSPS) is 7.35. The van der Waals surface area contributed by atoms with Crippen molar-refractivity contribution in [1.29, 1.82) is 0 Å². The van der Waals surface area contributed by atoms with Crippen molar-refractivity contribution in [2.24, 2.45) is 0 Å². The van der Waals surface area contributed by atoms with Crippen LogP contribution in [0, 0.1) is 0 Å². The zero-order valence-corrected chi connectivity index (χ0v) is 17.9. The molecule has 9 nitrogen and oxygen atoms in total. The Morgan fingerprint density at radius 2 is 0.923 bits per heavy atom. The van der Waals surface area contributed by atoms with Crippen LogP contribution in [0.2, 0.25) is 0 Å². The maximum Gasteiger partial charge on any atom is 0.310 e. The molecule has 0 fully saturated rings. The third kappa shape index (κ3) is 238. The van der Waals surface area contributed by atoms with Crippen LogP contribution in [-0.2, 0) is 40.9 Å². The van der Waals surface area contributed by atoms with Crippen LogP contribution in [0.1, 0.15) is 66.7 Å². The fourth-order valence-corrected chi connectivity index (χ4v) is 0.529. The maximum absolute atomic E-state index is 9.87. The zero-order valence-electron chi connectivity index (χ0n) is 16.3. The second kappa shape index (κ2) is 39.0. The molecule has 0 aromatic rings. The quantitative estimate of drug-likeness (QED) is 0.319. The minimum Gasteiger partial charge on any atom is -0.481 e. The first kappa shape index (κ1) is 39.7. The van der Waals surface area contributed by atoms with Crippen molar-refractivity contribution in [3.8, 4) is 0 Å². The Bertz CT molecular complexity index is 279. The fraction of sp³-hybridized carbons (Fsp3) is 0.750. The zero-order chi connectivity index (χ0) is 21.3. The van der Waals surface area contributed by atoms with Crippen molar-refractivity contribution in [2.45, 2.75) is 66.7 Å². The Balaban J connectivity index is -0.0000000485. The molecule has 0 spiro atoms.